The molecule has 42 heavy (non-hydrogen) atoms. The third-order valence-electron chi connectivity index (χ3n) is 10.6. The fourth-order valence-electron chi connectivity index (χ4n) is 8.64. The lowest BCUT2D eigenvalue weighted by molar-refractivity contribution is -0.127. The maximum absolute atomic E-state index is 16.1. The summed E-state index contributed by atoms with van der Waals surface area (Å²) in [5, 5.41) is 20.9. The van der Waals surface area contributed by atoms with Crippen molar-refractivity contribution in [1.82, 2.24) is 15.6 Å². The number of benzene rings is 1. The Bertz CT molecular complexity index is 1420. The smallest absolute Gasteiger partial charge is 0.238 e. The summed E-state index contributed by atoms with van der Waals surface area (Å²) >= 11 is 12.7. The molecule has 11 heteroatoms. The molecular formula is C31H37Cl2FN4O4. The summed E-state index contributed by atoms with van der Waals surface area (Å²) in [5.74, 6) is -1.43. The van der Waals surface area contributed by atoms with E-state index in [1.54, 1.807) is 31.3 Å². The van der Waals surface area contributed by atoms with Gasteiger partial charge in [0.1, 0.15) is 17.2 Å². The van der Waals surface area contributed by atoms with Gasteiger partial charge in [0.05, 0.1) is 53.0 Å². The summed E-state index contributed by atoms with van der Waals surface area (Å²) < 4.78 is 28.8. The van der Waals surface area contributed by atoms with Gasteiger partial charge in [-0.3, -0.25) is 10.1 Å². The predicted molar refractivity (Wildman–Crippen MR) is 157 cm³/mol. The second kappa shape index (κ2) is 10.0. The largest absolute Gasteiger partial charge is 0.391 e. The van der Waals surface area contributed by atoms with Crippen molar-refractivity contribution in [2.45, 2.75) is 106 Å². The maximum atomic E-state index is 16.1. The van der Waals surface area contributed by atoms with E-state index in [9.17, 15) is 9.90 Å². The fourth-order valence-corrected chi connectivity index (χ4v) is 8.98. The molecule has 1 saturated carbocycles. The highest BCUT2D eigenvalue weighted by atomic mass is 35.5. The van der Waals surface area contributed by atoms with Crippen LogP contribution in [0.4, 0.5) is 10.1 Å². The van der Waals surface area contributed by atoms with Crippen LogP contribution in [0.5, 0.6) is 0 Å². The van der Waals surface area contributed by atoms with E-state index in [2.05, 4.69) is 34.8 Å². The van der Waals surface area contributed by atoms with Crippen LogP contribution in [0.3, 0.4) is 0 Å². The summed E-state index contributed by atoms with van der Waals surface area (Å²) in [4.78, 5) is 18.8. The minimum absolute atomic E-state index is 0.00561. The molecule has 0 bridgehead atoms. The maximum Gasteiger partial charge on any atom is 0.238 e. The number of aliphatic hydroxyl groups is 1. The zero-order valence-electron chi connectivity index (χ0n) is 23.9. The highest BCUT2D eigenvalue weighted by Gasteiger charge is 2.79. The van der Waals surface area contributed by atoms with Crippen molar-refractivity contribution in [3.63, 3.8) is 0 Å². The van der Waals surface area contributed by atoms with Crippen molar-refractivity contribution in [3.8, 4) is 0 Å². The van der Waals surface area contributed by atoms with Crippen LogP contribution in [0.2, 0.25) is 10.2 Å². The van der Waals surface area contributed by atoms with E-state index in [0.717, 1.165) is 30.5 Å². The summed E-state index contributed by atoms with van der Waals surface area (Å²) in [7, 11) is 0. The van der Waals surface area contributed by atoms with Gasteiger partial charge < -0.3 is 25.2 Å². The van der Waals surface area contributed by atoms with Crippen LogP contribution < -0.4 is 16.0 Å². The first-order chi connectivity index (χ1) is 20.0. The Hall–Kier alpha value is -2.01. The van der Waals surface area contributed by atoms with Crippen LogP contribution in [0.1, 0.15) is 69.9 Å². The van der Waals surface area contributed by atoms with E-state index in [1.807, 2.05) is 0 Å². The Kier molecular flexibility index (Phi) is 6.85. The lowest BCUT2D eigenvalue weighted by Crippen LogP contribution is -2.63. The number of carbonyl (C=O) groups excluding carboxylic acids is 1. The normalized spacial score (nSPS) is 38.5. The van der Waals surface area contributed by atoms with Gasteiger partial charge in [0.2, 0.25) is 5.91 Å². The molecule has 1 aliphatic carbocycles. The summed E-state index contributed by atoms with van der Waals surface area (Å²) in [5.41, 5.74) is 0.507. The van der Waals surface area contributed by atoms with Crippen molar-refractivity contribution in [3.05, 3.63) is 57.6 Å². The van der Waals surface area contributed by atoms with Gasteiger partial charge >= 0.3 is 0 Å². The molecule has 2 aromatic rings. The molecule has 2 spiro atoms. The molecule has 4 aliphatic heterocycles. The van der Waals surface area contributed by atoms with E-state index < -0.39 is 41.1 Å². The van der Waals surface area contributed by atoms with Crippen LogP contribution in [0.25, 0.3) is 0 Å². The summed E-state index contributed by atoms with van der Waals surface area (Å²) in [6.45, 7) is 6.49. The van der Waals surface area contributed by atoms with Crippen molar-refractivity contribution >= 4 is 34.8 Å². The Morgan fingerprint density at radius 3 is 2.81 bits per heavy atom. The lowest BCUT2D eigenvalue weighted by Gasteiger charge is -2.49. The number of hydrogen-bond acceptors (Lipinski definition) is 7. The fraction of sp³-hybridized carbons (Fsp3) is 0.613. The van der Waals surface area contributed by atoms with Crippen molar-refractivity contribution in [2.75, 3.05) is 11.9 Å². The average molecular weight is 620 g/mol. The zero-order chi connectivity index (χ0) is 29.6. The van der Waals surface area contributed by atoms with Gasteiger partial charge in [-0.25, -0.2) is 9.37 Å². The molecule has 1 aromatic heterocycles. The number of rotatable bonds is 4. The van der Waals surface area contributed by atoms with Gasteiger partial charge in [0, 0.05) is 23.4 Å². The molecule has 2 unspecified atom stereocenters. The average Bonchev–Trinajstić information content (AvgIpc) is 3.50. The molecule has 0 radical (unpaired) electrons. The second-order valence-electron chi connectivity index (χ2n) is 13.5. The minimum Gasteiger partial charge on any atom is -0.391 e. The molecule has 1 amide bonds. The number of nitrogens with zero attached hydrogens (tertiary/aromatic N) is 1. The quantitative estimate of drug-likeness (QED) is 0.369. The molecular weight excluding hydrogens is 582 g/mol. The van der Waals surface area contributed by atoms with Gasteiger partial charge in [-0.2, -0.15) is 0 Å². The molecule has 5 heterocycles. The van der Waals surface area contributed by atoms with Crippen LogP contribution in [0, 0.1) is 11.2 Å². The topological polar surface area (TPSA) is 105 Å². The summed E-state index contributed by atoms with van der Waals surface area (Å²) in [6, 6.07) is 5.76. The van der Waals surface area contributed by atoms with Crippen LogP contribution >= 0.6 is 23.2 Å². The molecule has 5 aliphatic rings. The number of anilines is 1. The molecule has 3 saturated heterocycles. The van der Waals surface area contributed by atoms with Gasteiger partial charge in [-0.1, -0.05) is 49.2 Å². The molecule has 8 nitrogen and oxygen atoms in total. The second-order valence-corrected chi connectivity index (χ2v) is 14.3. The number of aromatic nitrogens is 1. The highest BCUT2D eigenvalue weighted by Crippen LogP contribution is 2.69. The number of amides is 1. The standard InChI is InChI=1S/C31H37Cl2FN4O4/c1-15(39)21-8-7-16(14-41-21)36-27(40)26-24(17-5-4-6-19(32)25(17)34)31-18-13-35-23(33)11-20(18)37-28(31)42-22-12-29(2,3)9-10-30(22,31)38-26/h4-6,11,13,15-16,21-22,24,26,28,37-39H,7-10,12,14H2,1-3H3,(H,36,40)/t15-,16-,21+,22?,24+,26-,28+,30?,31+/m1/s1. The molecule has 4 N–H and O–H groups in total. The van der Waals surface area contributed by atoms with Crippen molar-refractivity contribution in [1.29, 1.82) is 0 Å². The molecule has 1 aromatic carbocycles. The number of pyridine rings is 1. The number of hydrogen-bond donors (Lipinski definition) is 4. The minimum atomic E-state index is -0.866. The monoisotopic (exact) mass is 618 g/mol. The number of ether oxygens (including phenoxy) is 2. The van der Waals surface area contributed by atoms with Crippen molar-refractivity contribution < 1.29 is 23.8 Å². The Morgan fingerprint density at radius 1 is 1.26 bits per heavy atom. The Morgan fingerprint density at radius 2 is 2.07 bits per heavy atom. The predicted octanol–water partition coefficient (Wildman–Crippen LogP) is 4.66. The summed E-state index contributed by atoms with van der Waals surface area (Å²) in [6.07, 6.45) is 3.91. The van der Waals surface area contributed by atoms with Crippen molar-refractivity contribution in [2.24, 2.45) is 5.41 Å². The zero-order valence-corrected chi connectivity index (χ0v) is 25.4. The third-order valence-corrected chi connectivity index (χ3v) is 11.1. The van der Waals surface area contributed by atoms with Gasteiger partial charge in [-0.15, -0.1) is 0 Å². The van der Waals surface area contributed by atoms with Gasteiger partial charge in [0.25, 0.3) is 0 Å². The number of fused-ring (bicyclic) bond motifs is 1. The Balaban J connectivity index is 1.36. The molecule has 4 fully saturated rings. The highest BCUT2D eigenvalue weighted by molar-refractivity contribution is 6.30. The molecule has 226 valence electrons. The third kappa shape index (κ3) is 4.07. The number of nitrogens with one attached hydrogen (secondary N) is 3. The molecule has 7 rings (SSSR count). The van der Waals surface area contributed by atoms with E-state index >= 15 is 4.39 Å². The van der Waals surface area contributed by atoms with Crippen LogP contribution in [0.15, 0.2) is 30.5 Å². The van der Waals surface area contributed by atoms with Crippen LogP contribution in [-0.2, 0) is 19.7 Å². The first-order valence-corrected chi connectivity index (χ1v) is 15.6. The molecule has 9 atom stereocenters. The van der Waals surface area contributed by atoms with Crippen LogP contribution in [-0.4, -0.2) is 64.8 Å². The van der Waals surface area contributed by atoms with Gasteiger partial charge in [0.15, 0.2) is 0 Å². The Labute approximate surface area is 255 Å². The SMILES string of the molecule is C[C@@H](O)[C@@H]1CC[C@@H](NC(=O)[C@@H]2NC34CCC(C)(C)CC3O[C@@H]3Nc5cc(Cl)ncc5[C@]34[C@H]2c2cccc(Cl)c2F)CO1. The van der Waals surface area contributed by atoms with E-state index in [-0.39, 0.29) is 34.6 Å². The first kappa shape index (κ1) is 28.7. The van der Waals surface area contributed by atoms with E-state index in [1.165, 1.54) is 6.07 Å². The number of halogens is 3. The van der Waals surface area contributed by atoms with Gasteiger partial charge in [-0.05, 0) is 62.1 Å². The lowest BCUT2D eigenvalue weighted by atomic mass is 9.54. The number of aliphatic hydroxyl groups excluding tert-OH is 1. The number of carbonyl (C=O) groups is 1. The van der Waals surface area contributed by atoms with E-state index in [0.29, 0.717) is 30.2 Å². The van der Waals surface area contributed by atoms with E-state index in [4.69, 9.17) is 32.7 Å². The first-order valence-electron chi connectivity index (χ1n) is 14.9.